The zero-order chi connectivity index (χ0) is 10.7. The van der Waals surface area contributed by atoms with Gasteiger partial charge in [-0.2, -0.15) is 0 Å². The lowest BCUT2D eigenvalue weighted by Crippen LogP contribution is -2.11. The van der Waals surface area contributed by atoms with Gasteiger partial charge in [-0.25, -0.2) is 4.39 Å². The van der Waals surface area contributed by atoms with Crippen LogP contribution in [0.25, 0.3) is 0 Å². The quantitative estimate of drug-likeness (QED) is 0.806. The van der Waals surface area contributed by atoms with Crippen molar-refractivity contribution in [3.05, 3.63) is 29.1 Å². The van der Waals surface area contributed by atoms with Gasteiger partial charge in [0.15, 0.2) is 0 Å². The van der Waals surface area contributed by atoms with E-state index in [1.807, 2.05) is 6.92 Å². The Morgan fingerprint density at radius 1 is 1.50 bits per heavy atom. The molecular weight excluding hydrogens is 181 g/mol. The standard InChI is InChI=1S/C11H16FNO/c1-7-4-9(14-3)5-10(11(7)12)8(2)6-13/h4-5,8H,6,13H2,1-3H3. The molecule has 0 aliphatic rings. The highest BCUT2D eigenvalue weighted by Gasteiger charge is 2.13. The van der Waals surface area contributed by atoms with Gasteiger partial charge in [0.25, 0.3) is 0 Å². The van der Waals surface area contributed by atoms with Crippen LogP contribution in [0, 0.1) is 12.7 Å². The molecule has 0 bridgehead atoms. The normalized spacial score (nSPS) is 12.6. The van der Waals surface area contributed by atoms with Gasteiger partial charge in [0.1, 0.15) is 11.6 Å². The monoisotopic (exact) mass is 197 g/mol. The van der Waals surface area contributed by atoms with Crippen LogP contribution in [0.5, 0.6) is 5.75 Å². The van der Waals surface area contributed by atoms with Crippen LogP contribution in [-0.4, -0.2) is 13.7 Å². The number of rotatable bonds is 3. The predicted octanol–water partition coefficient (Wildman–Crippen LogP) is 2.20. The second-order valence-electron chi connectivity index (χ2n) is 3.48. The number of hydrogen-bond donors (Lipinski definition) is 1. The maximum atomic E-state index is 13.6. The number of hydrogen-bond acceptors (Lipinski definition) is 2. The smallest absolute Gasteiger partial charge is 0.129 e. The van der Waals surface area contributed by atoms with Crippen molar-refractivity contribution in [3.8, 4) is 5.75 Å². The van der Waals surface area contributed by atoms with Gasteiger partial charge in [-0.15, -0.1) is 0 Å². The van der Waals surface area contributed by atoms with Crippen LogP contribution in [0.15, 0.2) is 12.1 Å². The van der Waals surface area contributed by atoms with Crippen molar-refractivity contribution < 1.29 is 9.13 Å². The Balaban J connectivity index is 3.20. The van der Waals surface area contributed by atoms with Crippen molar-refractivity contribution in [2.24, 2.45) is 5.73 Å². The van der Waals surface area contributed by atoms with Gasteiger partial charge in [0.05, 0.1) is 7.11 Å². The summed E-state index contributed by atoms with van der Waals surface area (Å²) in [5, 5.41) is 0. The van der Waals surface area contributed by atoms with Gasteiger partial charge in [0, 0.05) is 0 Å². The Hall–Kier alpha value is -1.09. The van der Waals surface area contributed by atoms with Crippen LogP contribution in [-0.2, 0) is 0 Å². The third-order valence-corrected chi connectivity index (χ3v) is 2.38. The lowest BCUT2D eigenvalue weighted by molar-refractivity contribution is 0.411. The second kappa shape index (κ2) is 4.42. The summed E-state index contributed by atoms with van der Waals surface area (Å²) in [5.41, 5.74) is 6.73. The topological polar surface area (TPSA) is 35.2 Å². The molecule has 0 spiro atoms. The van der Waals surface area contributed by atoms with Crippen LogP contribution in [0.4, 0.5) is 4.39 Å². The predicted molar refractivity (Wildman–Crippen MR) is 55.2 cm³/mol. The average molecular weight is 197 g/mol. The van der Waals surface area contributed by atoms with Crippen LogP contribution in [0.1, 0.15) is 24.0 Å². The molecule has 0 aliphatic carbocycles. The summed E-state index contributed by atoms with van der Waals surface area (Å²) in [6.45, 7) is 4.06. The minimum absolute atomic E-state index is 0.0174. The molecule has 1 unspecified atom stereocenters. The van der Waals surface area contributed by atoms with Crippen molar-refractivity contribution in [2.75, 3.05) is 13.7 Å². The highest BCUT2D eigenvalue weighted by Crippen LogP contribution is 2.26. The van der Waals surface area contributed by atoms with E-state index in [9.17, 15) is 4.39 Å². The van der Waals surface area contributed by atoms with E-state index in [1.54, 1.807) is 26.2 Å². The van der Waals surface area contributed by atoms with Gasteiger partial charge in [-0.05, 0) is 42.6 Å². The Morgan fingerprint density at radius 3 is 2.64 bits per heavy atom. The highest BCUT2D eigenvalue weighted by molar-refractivity contribution is 5.37. The summed E-state index contributed by atoms with van der Waals surface area (Å²) in [6, 6.07) is 3.39. The maximum Gasteiger partial charge on any atom is 0.129 e. The first-order valence-electron chi connectivity index (χ1n) is 4.64. The molecule has 3 heteroatoms. The second-order valence-corrected chi connectivity index (χ2v) is 3.48. The van der Waals surface area contributed by atoms with Gasteiger partial charge >= 0.3 is 0 Å². The molecule has 1 rings (SSSR count). The third-order valence-electron chi connectivity index (χ3n) is 2.38. The molecule has 1 aromatic carbocycles. The number of ether oxygens (including phenoxy) is 1. The summed E-state index contributed by atoms with van der Waals surface area (Å²) in [5.74, 6) is 0.520. The Labute approximate surface area is 83.9 Å². The van der Waals surface area contributed by atoms with Gasteiger partial charge < -0.3 is 10.5 Å². The molecule has 78 valence electrons. The molecule has 0 saturated carbocycles. The Kier molecular flexibility index (Phi) is 3.47. The van der Waals surface area contributed by atoms with Gasteiger partial charge in [0.2, 0.25) is 0 Å². The van der Waals surface area contributed by atoms with Crippen molar-refractivity contribution in [3.63, 3.8) is 0 Å². The number of methoxy groups -OCH3 is 1. The molecule has 0 radical (unpaired) electrons. The van der Waals surface area contributed by atoms with E-state index in [2.05, 4.69) is 0 Å². The molecule has 2 N–H and O–H groups in total. The van der Waals surface area contributed by atoms with Crippen molar-refractivity contribution in [2.45, 2.75) is 19.8 Å². The minimum atomic E-state index is -0.177. The Bertz CT molecular complexity index is 325. The first-order valence-corrected chi connectivity index (χ1v) is 4.64. The number of halogens is 1. The molecule has 0 amide bonds. The molecule has 0 aliphatic heterocycles. The molecule has 0 heterocycles. The molecular formula is C11H16FNO. The summed E-state index contributed by atoms with van der Waals surface area (Å²) >= 11 is 0. The molecule has 0 saturated heterocycles. The zero-order valence-electron chi connectivity index (χ0n) is 8.80. The van der Waals surface area contributed by atoms with Gasteiger partial charge in [-0.1, -0.05) is 6.92 Å². The van der Waals surface area contributed by atoms with E-state index in [0.717, 1.165) is 0 Å². The molecule has 1 aromatic rings. The summed E-state index contributed by atoms with van der Waals surface area (Å²) in [6.07, 6.45) is 0. The lowest BCUT2D eigenvalue weighted by atomic mass is 9.98. The first kappa shape index (κ1) is 11.0. The molecule has 0 aromatic heterocycles. The van der Waals surface area contributed by atoms with E-state index in [-0.39, 0.29) is 11.7 Å². The molecule has 1 atom stereocenters. The highest BCUT2D eigenvalue weighted by atomic mass is 19.1. The minimum Gasteiger partial charge on any atom is -0.497 e. The van der Waals surface area contributed by atoms with Crippen molar-refractivity contribution in [1.82, 2.24) is 0 Å². The fourth-order valence-corrected chi connectivity index (χ4v) is 1.37. The number of nitrogens with two attached hydrogens (primary N) is 1. The van der Waals surface area contributed by atoms with E-state index in [4.69, 9.17) is 10.5 Å². The maximum absolute atomic E-state index is 13.6. The summed E-state index contributed by atoms with van der Waals surface area (Å²) in [7, 11) is 1.57. The Morgan fingerprint density at radius 2 is 2.14 bits per heavy atom. The van der Waals surface area contributed by atoms with Crippen molar-refractivity contribution in [1.29, 1.82) is 0 Å². The lowest BCUT2D eigenvalue weighted by Gasteiger charge is -2.13. The summed E-state index contributed by atoms with van der Waals surface area (Å²) < 4.78 is 18.7. The summed E-state index contributed by atoms with van der Waals surface area (Å²) in [4.78, 5) is 0. The van der Waals surface area contributed by atoms with Crippen LogP contribution >= 0.6 is 0 Å². The average Bonchev–Trinajstić information content (AvgIpc) is 2.20. The molecule has 0 fully saturated rings. The van der Waals surface area contributed by atoms with E-state index >= 15 is 0 Å². The largest absolute Gasteiger partial charge is 0.497 e. The van der Waals surface area contributed by atoms with Crippen LogP contribution < -0.4 is 10.5 Å². The first-order chi connectivity index (χ1) is 6.60. The molecule has 14 heavy (non-hydrogen) atoms. The van der Waals surface area contributed by atoms with Gasteiger partial charge in [-0.3, -0.25) is 0 Å². The fraction of sp³-hybridized carbons (Fsp3) is 0.455. The van der Waals surface area contributed by atoms with E-state index in [0.29, 0.717) is 23.4 Å². The zero-order valence-corrected chi connectivity index (χ0v) is 8.80. The number of aryl methyl sites for hydroxylation is 1. The number of benzene rings is 1. The molecule has 2 nitrogen and oxygen atoms in total. The SMILES string of the molecule is COc1cc(C)c(F)c(C(C)CN)c1. The van der Waals surface area contributed by atoms with E-state index in [1.165, 1.54) is 0 Å². The van der Waals surface area contributed by atoms with E-state index < -0.39 is 0 Å². The fourth-order valence-electron chi connectivity index (χ4n) is 1.37. The van der Waals surface area contributed by atoms with Crippen LogP contribution in [0.3, 0.4) is 0 Å². The third kappa shape index (κ3) is 2.04. The van der Waals surface area contributed by atoms with Crippen molar-refractivity contribution >= 4 is 0 Å². The van der Waals surface area contributed by atoms with Crippen LogP contribution in [0.2, 0.25) is 0 Å².